The van der Waals surface area contributed by atoms with Crippen LogP contribution in [-0.2, 0) is 11.2 Å². The van der Waals surface area contributed by atoms with Crippen molar-refractivity contribution >= 4 is 0 Å². The minimum absolute atomic E-state index is 0.208. The average Bonchev–Trinajstić information content (AvgIpc) is 2.35. The standard InChI is InChI=1S/C15H24N2O/c1-12(11-17(2)3)16-10-15-14-7-5-4-6-13(14)8-9-18-15/h4-7,12,15-16H,8-11H2,1-3H3. The van der Waals surface area contributed by atoms with Crippen LogP contribution in [0.25, 0.3) is 0 Å². The fourth-order valence-corrected chi connectivity index (χ4v) is 2.57. The van der Waals surface area contributed by atoms with Crippen LogP contribution in [0.4, 0.5) is 0 Å². The Labute approximate surface area is 110 Å². The molecule has 0 bridgehead atoms. The van der Waals surface area contributed by atoms with E-state index in [1.807, 2.05) is 0 Å². The van der Waals surface area contributed by atoms with Crippen molar-refractivity contribution in [2.24, 2.45) is 0 Å². The molecule has 0 aromatic heterocycles. The topological polar surface area (TPSA) is 24.5 Å². The highest BCUT2D eigenvalue weighted by Gasteiger charge is 2.20. The second kappa shape index (κ2) is 6.32. The van der Waals surface area contributed by atoms with E-state index in [4.69, 9.17) is 4.74 Å². The molecule has 18 heavy (non-hydrogen) atoms. The highest BCUT2D eigenvalue weighted by Crippen LogP contribution is 2.26. The van der Waals surface area contributed by atoms with Gasteiger partial charge in [0.1, 0.15) is 0 Å². The van der Waals surface area contributed by atoms with Gasteiger partial charge in [0.05, 0.1) is 12.7 Å². The Hall–Kier alpha value is -0.900. The Morgan fingerprint density at radius 1 is 1.39 bits per heavy atom. The molecule has 2 unspecified atom stereocenters. The summed E-state index contributed by atoms with van der Waals surface area (Å²) >= 11 is 0. The number of benzene rings is 1. The monoisotopic (exact) mass is 248 g/mol. The minimum atomic E-state index is 0.208. The minimum Gasteiger partial charge on any atom is -0.372 e. The molecule has 0 aliphatic carbocycles. The molecule has 3 nitrogen and oxygen atoms in total. The van der Waals surface area contributed by atoms with Crippen molar-refractivity contribution < 1.29 is 4.74 Å². The number of hydrogen-bond donors (Lipinski definition) is 1. The lowest BCUT2D eigenvalue weighted by Gasteiger charge is -2.28. The Morgan fingerprint density at radius 3 is 2.94 bits per heavy atom. The molecule has 3 heteroatoms. The van der Waals surface area contributed by atoms with E-state index in [-0.39, 0.29) is 6.10 Å². The summed E-state index contributed by atoms with van der Waals surface area (Å²) < 4.78 is 5.88. The lowest BCUT2D eigenvalue weighted by atomic mass is 9.97. The molecule has 2 rings (SSSR count). The molecule has 0 amide bonds. The van der Waals surface area contributed by atoms with Crippen LogP contribution in [0.15, 0.2) is 24.3 Å². The predicted octanol–water partition coefficient (Wildman–Crippen LogP) is 1.84. The van der Waals surface area contributed by atoms with Gasteiger partial charge in [-0.25, -0.2) is 0 Å². The average molecular weight is 248 g/mol. The van der Waals surface area contributed by atoms with E-state index in [1.165, 1.54) is 11.1 Å². The van der Waals surface area contributed by atoms with Gasteiger partial charge in [-0.05, 0) is 38.6 Å². The third-order valence-electron chi connectivity index (χ3n) is 3.38. The molecule has 0 saturated carbocycles. The van der Waals surface area contributed by atoms with Crippen molar-refractivity contribution in [2.75, 3.05) is 33.8 Å². The van der Waals surface area contributed by atoms with E-state index < -0.39 is 0 Å². The van der Waals surface area contributed by atoms with Gasteiger partial charge in [-0.2, -0.15) is 0 Å². The maximum absolute atomic E-state index is 5.88. The van der Waals surface area contributed by atoms with E-state index in [0.717, 1.165) is 26.1 Å². The summed E-state index contributed by atoms with van der Waals surface area (Å²) in [6, 6.07) is 9.11. The second-order valence-corrected chi connectivity index (χ2v) is 5.38. The molecular formula is C15H24N2O. The number of ether oxygens (including phenoxy) is 1. The SMILES string of the molecule is CC(CN(C)C)NCC1OCCc2ccccc21. The van der Waals surface area contributed by atoms with Gasteiger partial charge >= 0.3 is 0 Å². The first-order chi connectivity index (χ1) is 8.66. The van der Waals surface area contributed by atoms with Crippen molar-refractivity contribution in [3.05, 3.63) is 35.4 Å². The lowest BCUT2D eigenvalue weighted by molar-refractivity contribution is 0.0404. The van der Waals surface area contributed by atoms with Gasteiger partial charge in [-0.3, -0.25) is 0 Å². The third-order valence-corrected chi connectivity index (χ3v) is 3.38. The van der Waals surface area contributed by atoms with Crippen molar-refractivity contribution in [3.8, 4) is 0 Å². The molecular weight excluding hydrogens is 224 g/mol. The van der Waals surface area contributed by atoms with Crippen LogP contribution < -0.4 is 5.32 Å². The number of nitrogens with one attached hydrogen (secondary N) is 1. The Balaban J connectivity index is 1.91. The molecule has 1 aliphatic rings. The van der Waals surface area contributed by atoms with E-state index in [1.54, 1.807) is 0 Å². The van der Waals surface area contributed by atoms with Crippen LogP contribution in [0.2, 0.25) is 0 Å². The van der Waals surface area contributed by atoms with Crippen LogP contribution >= 0.6 is 0 Å². The van der Waals surface area contributed by atoms with Crippen molar-refractivity contribution in [1.29, 1.82) is 0 Å². The number of nitrogens with zero attached hydrogens (tertiary/aromatic N) is 1. The summed E-state index contributed by atoms with van der Waals surface area (Å²) in [5, 5.41) is 3.56. The zero-order chi connectivity index (χ0) is 13.0. The summed E-state index contributed by atoms with van der Waals surface area (Å²) in [7, 11) is 4.20. The molecule has 1 N–H and O–H groups in total. The van der Waals surface area contributed by atoms with Crippen molar-refractivity contribution in [1.82, 2.24) is 10.2 Å². The Bertz CT molecular complexity index is 379. The summed E-state index contributed by atoms with van der Waals surface area (Å²) in [6.45, 7) is 5.00. The molecule has 1 aliphatic heterocycles. The van der Waals surface area contributed by atoms with Crippen LogP contribution in [0.5, 0.6) is 0 Å². The molecule has 100 valence electrons. The molecule has 1 aromatic rings. The van der Waals surface area contributed by atoms with Crippen LogP contribution in [0, 0.1) is 0 Å². The largest absolute Gasteiger partial charge is 0.372 e. The quantitative estimate of drug-likeness (QED) is 0.860. The summed E-state index contributed by atoms with van der Waals surface area (Å²) in [6.07, 6.45) is 1.25. The van der Waals surface area contributed by atoms with Crippen LogP contribution in [-0.4, -0.2) is 44.7 Å². The van der Waals surface area contributed by atoms with Gasteiger partial charge in [0.2, 0.25) is 0 Å². The fraction of sp³-hybridized carbons (Fsp3) is 0.600. The zero-order valence-corrected chi connectivity index (χ0v) is 11.6. The first-order valence-electron chi connectivity index (χ1n) is 6.74. The van der Waals surface area contributed by atoms with Gasteiger partial charge in [0.15, 0.2) is 0 Å². The van der Waals surface area contributed by atoms with Gasteiger partial charge in [0.25, 0.3) is 0 Å². The highest BCUT2D eigenvalue weighted by molar-refractivity contribution is 5.31. The van der Waals surface area contributed by atoms with Gasteiger partial charge in [-0.1, -0.05) is 24.3 Å². The first kappa shape index (κ1) is 13.5. The molecule has 1 heterocycles. The predicted molar refractivity (Wildman–Crippen MR) is 74.9 cm³/mol. The van der Waals surface area contributed by atoms with Crippen LogP contribution in [0.3, 0.4) is 0 Å². The summed E-state index contributed by atoms with van der Waals surface area (Å²) in [4.78, 5) is 2.20. The lowest BCUT2D eigenvalue weighted by Crippen LogP contribution is -2.39. The Kier molecular flexibility index (Phi) is 4.75. The second-order valence-electron chi connectivity index (χ2n) is 5.38. The first-order valence-corrected chi connectivity index (χ1v) is 6.74. The number of rotatable bonds is 5. The zero-order valence-electron chi connectivity index (χ0n) is 11.6. The number of hydrogen-bond acceptors (Lipinski definition) is 3. The van der Waals surface area contributed by atoms with E-state index >= 15 is 0 Å². The van der Waals surface area contributed by atoms with E-state index in [0.29, 0.717) is 6.04 Å². The molecule has 0 spiro atoms. The number of likely N-dealkylation sites (N-methyl/N-ethyl adjacent to an activating group) is 1. The fourth-order valence-electron chi connectivity index (χ4n) is 2.57. The van der Waals surface area contributed by atoms with E-state index in [9.17, 15) is 0 Å². The summed E-state index contributed by atoms with van der Waals surface area (Å²) in [5.41, 5.74) is 2.80. The molecule has 2 atom stereocenters. The smallest absolute Gasteiger partial charge is 0.0952 e. The summed E-state index contributed by atoms with van der Waals surface area (Å²) in [5.74, 6) is 0. The molecule has 0 radical (unpaired) electrons. The van der Waals surface area contributed by atoms with E-state index in [2.05, 4.69) is 55.5 Å². The maximum atomic E-state index is 5.88. The van der Waals surface area contributed by atoms with Gasteiger partial charge in [-0.15, -0.1) is 0 Å². The molecule has 1 aromatic carbocycles. The molecule has 0 saturated heterocycles. The highest BCUT2D eigenvalue weighted by atomic mass is 16.5. The number of fused-ring (bicyclic) bond motifs is 1. The van der Waals surface area contributed by atoms with Gasteiger partial charge < -0.3 is 15.0 Å². The van der Waals surface area contributed by atoms with Crippen molar-refractivity contribution in [3.63, 3.8) is 0 Å². The van der Waals surface area contributed by atoms with Gasteiger partial charge in [0, 0.05) is 19.1 Å². The maximum Gasteiger partial charge on any atom is 0.0952 e. The molecule has 0 fully saturated rings. The van der Waals surface area contributed by atoms with Crippen molar-refractivity contribution in [2.45, 2.75) is 25.5 Å². The normalized spacial score (nSPS) is 20.8. The Morgan fingerprint density at radius 2 is 2.17 bits per heavy atom. The third kappa shape index (κ3) is 3.55. The van der Waals surface area contributed by atoms with Crippen LogP contribution in [0.1, 0.15) is 24.2 Å².